The van der Waals surface area contributed by atoms with Gasteiger partial charge in [-0.05, 0) is 67.7 Å². The highest BCUT2D eigenvalue weighted by Gasteiger charge is 2.55. The normalized spacial score (nSPS) is 19.9. The molecule has 3 aliphatic rings. The minimum atomic E-state index is -4.72. The molecule has 5 unspecified atom stereocenters. The van der Waals surface area contributed by atoms with E-state index in [1.165, 1.54) is 24.1 Å². The molecule has 3 aromatic carbocycles. The van der Waals surface area contributed by atoms with Crippen molar-refractivity contribution in [3.8, 4) is 0 Å². The SMILES string of the molecule is CN(C(=O)C1=CC2OC3(Cc4ccccc4C3)OC2C(OC(=O)c2ccccc2C=CC(=O)OCC(F)(F)F)C1)C(Cc1ccccc1)C(=O)NC(CO)CCC(=O)OC(C)(C)C. The number of rotatable bonds is 15. The number of aliphatic hydroxyl groups excluding tert-OH is 1. The van der Waals surface area contributed by atoms with Gasteiger partial charge in [0, 0.05) is 50.8 Å². The van der Waals surface area contributed by atoms with Crippen LogP contribution in [0.15, 0.2) is 96.6 Å². The molecule has 0 bridgehead atoms. The average molecular weight is 877 g/mol. The van der Waals surface area contributed by atoms with Crippen LogP contribution in [0.3, 0.4) is 0 Å². The summed E-state index contributed by atoms with van der Waals surface area (Å²) >= 11 is 0. The van der Waals surface area contributed by atoms with Crippen LogP contribution < -0.4 is 5.32 Å². The van der Waals surface area contributed by atoms with E-state index in [-0.39, 0.29) is 42.4 Å². The Morgan fingerprint density at radius 2 is 1.59 bits per heavy atom. The van der Waals surface area contributed by atoms with E-state index in [1.807, 2.05) is 42.5 Å². The first-order valence-corrected chi connectivity index (χ1v) is 20.6. The summed E-state index contributed by atoms with van der Waals surface area (Å²) in [5.41, 5.74) is 2.35. The van der Waals surface area contributed by atoms with E-state index in [2.05, 4.69) is 10.1 Å². The number of ether oxygens (including phenoxy) is 5. The molecule has 0 saturated carbocycles. The highest BCUT2D eigenvalue weighted by atomic mass is 19.4. The number of hydrogen-bond acceptors (Lipinski definition) is 11. The van der Waals surface area contributed by atoms with Crippen molar-refractivity contribution in [1.82, 2.24) is 10.2 Å². The van der Waals surface area contributed by atoms with Crippen LogP contribution in [0, 0.1) is 0 Å². The Bertz CT molecular complexity index is 2190. The highest BCUT2D eigenvalue weighted by Crippen LogP contribution is 2.45. The topological polar surface area (TPSA) is 167 Å². The lowest BCUT2D eigenvalue weighted by Gasteiger charge is -2.34. The number of carbonyl (C=O) groups excluding carboxylic acids is 5. The zero-order valence-electron chi connectivity index (χ0n) is 35.4. The number of amides is 2. The number of nitrogens with zero attached hydrogens (tertiary/aromatic N) is 1. The minimum Gasteiger partial charge on any atom is -0.460 e. The monoisotopic (exact) mass is 876 g/mol. The number of halogens is 3. The number of esters is 3. The fraction of sp³-hybridized carbons (Fsp3) is 0.426. The van der Waals surface area contributed by atoms with Gasteiger partial charge in [0.15, 0.2) is 12.4 Å². The van der Waals surface area contributed by atoms with Crippen molar-refractivity contribution in [2.24, 2.45) is 0 Å². The van der Waals surface area contributed by atoms with Crippen molar-refractivity contribution in [2.75, 3.05) is 20.3 Å². The summed E-state index contributed by atoms with van der Waals surface area (Å²) in [5.74, 6) is -4.91. The molecule has 1 heterocycles. The predicted octanol–water partition coefficient (Wildman–Crippen LogP) is 5.61. The van der Waals surface area contributed by atoms with E-state index in [0.29, 0.717) is 12.8 Å². The quantitative estimate of drug-likeness (QED) is 0.111. The van der Waals surface area contributed by atoms with Crippen LogP contribution in [-0.2, 0) is 62.1 Å². The maximum absolute atomic E-state index is 14.6. The molecule has 3 aromatic rings. The van der Waals surface area contributed by atoms with Gasteiger partial charge in [-0.15, -0.1) is 0 Å². The van der Waals surface area contributed by atoms with Crippen molar-refractivity contribution >= 4 is 35.8 Å². The number of benzene rings is 3. The summed E-state index contributed by atoms with van der Waals surface area (Å²) in [4.78, 5) is 68.5. The molecule has 0 aromatic heterocycles. The van der Waals surface area contributed by atoms with Gasteiger partial charge >= 0.3 is 24.1 Å². The number of nitrogens with one attached hydrogen (secondary N) is 1. The first kappa shape index (κ1) is 46.7. The van der Waals surface area contributed by atoms with Crippen LogP contribution in [0.5, 0.6) is 0 Å². The van der Waals surface area contributed by atoms with E-state index in [1.54, 1.807) is 51.1 Å². The Morgan fingerprint density at radius 1 is 0.937 bits per heavy atom. The second-order valence-corrected chi connectivity index (χ2v) is 16.8. The first-order valence-electron chi connectivity index (χ1n) is 20.6. The third kappa shape index (κ3) is 12.4. The minimum absolute atomic E-state index is 0.0277. The average Bonchev–Trinajstić information content (AvgIpc) is 3.79. The summed E-state index contributed by atoms with van der Waals surface area (Å²) in [7, 11) is 1.47. The van der Waals surface area contributed by atoms with Crippen molar-refractivity contribution < 1.29 is 65.9 Å². The van der Waals surface area contributed by atoms with Gasteiger partial charge in [-0.2, -0.15) is 13.2 Å². The zero-order chi connectivity index (χ0) is 45.5. The van der Waals surface area contributed by atoms with Gasteiger partial charge in [0.05, 0.1) is 18.2 Å². The predicted molar refractivity (Wildman–Crippen MR) is 222 cm³/mol. The third-order valence-corrected chi connectivity index (χ3v) is 10.8. The maximum Gasteiger partial charge on any atom is 0.422 e. The van der Waals surface area contributed by atoms with E-state index >= 15 is 0 Å². The van der Waals surface area contributed by atoms with E-state index in [4.69, 9.17) is 18.9 Å². The van der Waals surface area contributed by atoms with Crippen molar-refractivity contribution in [2.45, 2.75) is 107 Å². The lowest BCUT2D eigenvalue weighted by molar-refractivity contribution is -0.182. The molecule has 16 heteroatoms. The molecular weight excluding hydrogens is 826 g/mol. The van der Waals surface area contributed by atoms with Crippen molar-refractivity contribution in [3.05, 3.63) is 124 Å². The molecule has 1 saturated heterocycles. The number of alkyl halides is 3. The zero-order valence-corrected chi connectivity index (χ0v) is 35.4. The van der Waals surface area contributed by atoms with Crippen LogP contribution in [0.25, 0.3) is 6.08 Å². The van der Waals surface area contributed by atoms with Gasteiger partial charge in [0.25, 0.3) is 0 Å². The lowest BCUT2D eigenvalue weighted by atomic mass is 9.90. The van der Waals surface area contributed by atoms with Gasteiger partial charge in [0.1, 0.15) is 30.0 Å². The van der Waals surface area contributed by atoms with Gasteiger partial charge in [0.2, 0.25) is 11.8 Å². The second-order valence-electron chi connectivity index (χ2n) is 16.8. The number of hydrogen-bond donors (Lipinski definition) is 2. The Hall–Kier alpha value is -5.84. The van der Waals surface area contributed by atoms with Crippen LogP contribution in [0.4, 0.5) is 13.2 Å². The Morgan fingerprint density at radius 3 is 2.24 bits per heavy atom. The maximum atomic E-state index is 14.6. The molecule has 1 fully saturated rings. The smallest absolute Gasteiger partial charge is 0.422 e. The van der Waals surface area contributed by atoms with Crippen LogP contribution in [-0.4, -0.2) is 108 Å². The molecule has 13 nitrogen and oxygen atoms in total. The van der Waals surface area contributed by atoms with Gasteiger partial charge in [-0.25, -0.2) is 9.59 Å². The van der Waals surface area contributed by atoms with Gasteiger partial charge in [-0.1, -0.05) is 72.8 Å². The van der Waals surface area contributed by atoms with E-state index in [0.717, 1.165) is 28.8 Å². The Labute approximate surface area is 363 Å². The second kappa shape index (κ2) is 19.7. The lowest BCUT2D eigenvalue weighted by Crippen LogP contribution is -2.53. The molecule has 63 heavy (non-hydrogen) atoms. The summed E-state index contributed by atoms with van der Waals surface area (Å²) in [6.07, 6.45) is -3.30. The fourth-order valence-corrected chi connectivity index (χ4v) is 7.84. The summed E-state index contributed by atoms with van der Waals surface area (Å²) in [6.45, 7) is 2.95. The number of fused-ring (bicyclic) bond motifs is 2. The molecule has 336 valence electrons. The van der Waals surface area contributed by atoms with Crippen molar-refractivity contribution in [3.63, 3.8) is 0 Å². The molecule has 1 spiro atoms. The van der Waals surface area contributed by atoms with E-state index < -0.39 is 90.9 Å². The molecule has 2 amide bonds. The molecule has 2 N–H and O–H groups in total. The van der Waals surface area contributed by atoms with E-state index in [9.17, 15) is 42.3 Å². The molecule has 0 radical (unpaired) electrons. The largest absolute Gasteiger partial charge is 0.460 e. The van der Waals surface area contributed by atoms with Gasteiger partial charge in [-0.3, -0.25) is 14.4 Å². The van der Waals surface area contributed by atoms with Crippen molar-refractivity contribution in [1.29, 1.82) is 0 Å². The summed E-state index contributed by atoms with van der Waals surface area (Å²) in [6, 6.07) is 20.8. The standard InChI is InChI=1S/C47H51F3N2O11/c1-45(2,3)62-40(55)21-19-34(27-53)51-42(56)36(22-29-12-6-5-7-13-29)52(4)43(57)33-23-37(41-38(24-33)61-46(63-41)25-31-15-8-9-16-32(31)26-46)60-44(58)35-17-11-10-14-30(35)18-20-39(54)59-28-47(48,49)50/h5-18,20,24,34,36-38,41,53H,19,21-23,25-28H2,1-4H3,(H,51,56). The summed E-state index contributed by atoms with van der Waals surface area (Å²) < 4.78 is 66.8. The molecule has 6 rings (SSSR count). The molecule has 5 atom stereocenters. The summed E-state index contributed by atoms with van der Waals surface area (Å²) in [5, 5.41) is 13.0. The third-order valence-electron chi connectivity index (χ3n) is 10.8. The number of likely N-dealkylation sites (N-methyl/N-ethyl adjacent to an activating group) is 1. The number of aliphatic hydroxyl groups is 1. The van der Waals surface area contributed by atoms with Crippen LogP contribution in [0.1, 0.15) is 72.6 Å². The Balaban J connectivity index is 1.25. The van der Waals surface area contributed by atoms with Crippen LogP contribution in [0.2, 0.25) is 0 Å². The molecule has 1 aliphatic heterocycles. The molecular formula is C47H51F3N2O11. The van der Waals surface area contributed by atoms with Gasteiger partial charge < -0.3 is 39.0 Å². The highest BCUT2D eigenvalue weighted by molar-refractivity contribution is 5.98. The first-order chi connectivity index (χ1) is 29.8. The Kier molecular flexibility index (Phi) is 14.6. The van der Waals surface area contributed by atoms with Crippen LogP contribution >= 0.6 is 0 Å². The fourth-order valence-electron chi connectivity index (χ4n) is 7.84. The number of carbonyl (C=O) groups is 5. The molecule has 2 aliphatic carbocycles.